The predicted molar refractivity (Wildman–Crippen MR) is 57.4 cm³/mol. The standard InChI is InChI=1S/C9H18S2/c1-7-8(11-6-10-7)5-9(2,3)4/h7-8H,5-6H2,1-4H3/t7-,8-/m1/s1. The van der Waals surface area contributed by atoms with Gasteiger partial charge in [0.1, 0.15) is 0 Å². The highest BCUT2D eigenvalue weighted by Crippen LogP contribution is 2.41. The summed E-state index contributed by atoms with van der Waals surface area (Å²) in [6, 6.07) is 0. The van der Waals surface area contributed by atoms with Gasteiger partial charge < -0.3 is 0 Å². The molecule has 66 valence electrons. The zero-order chi connectivity index (χ0) is 8.48. The summed E-state index contributed by atoms with van der Waals surface area (Å²) < 4.78 is 0. The highest BCUT2D eigenvalue weighted by Gasteiger charge is 2.28. The second kappa shape index (κ2) is 3.61. The Morgan fingerprint density at radius 2 is 1.91 bits per heavy atom. The third kappa shape index (κ3) is 3.29. The summed E-state index contributed by atoms with van der Waals surface area (Å²) in [6.07, 6.45) is 1.37. The Labute approximate surface area is 78.9 Å². The highest BCUT2D eigenvalue weighted by atomic mass is 32.2. The topological polar surface area (TPSA) is 0 Å². The van der Waals surface area contributed by atoms with E-state index in [1.807, 2.05) is 0 Å². The highest BCUT2D eigenvalue weighted by molar-refractivity contribution is 8.19. The fourth-order valence-electron chi connectivity index (χ4n) is 1.31. The van der Waals surface area contributed by atoms with Crippen molar-refractivity contribution in [1.29, 1.82) is 0 Å². The van der Waals surface area contributed by atoms with Gasteiger partial charge in [-0.25, -0.2) is 0 Å². The van der Waals surface area contributed by atoms with Crippen molar-refractivity contribution in [3.63, 3.8) is 0 Å². The van der Waals surface area contributed by atoms with Crippen LogP contribution in [-0.4, -0.2) is 15.6 Å². The molecule has 0 aliphatic carbocycles. The maximum atomic E-state index is 2.36. The second-order valence-electron chi connectivity index (χ2n) is 4.46. The molecule has 0 aromatic carbocycles. The lowest BCUT2D eigenvalue weighted by Crippen LogP contribution is -2.19. The fraction of sp³-hybridized carbons (Fsp3) is 1.00. The monoisotopic (exact) mass is 190 g/mol. The zero-order valence-electron chi connectivity index (χ0n) is 7.89. The lowest BCUT2D eigenvalue weighted by molar-refractivity contribution is 0.372. The normalized spacial score (nSPS) is 32.7. The van der Waals surface area contributed by atoms with Gasteiger partial charge in [-0.15, -0.1) is 23.5 Å². The van der Waals surface area contributed by atoms with Gasteiger partial charge in [-0.2, -0.15) is 0 Å². The van der Waals surface area contributed by atoms with Crippen LogP contribution >= 0.6 is 23.5 Å². The molecule has 0 amide bonds. The third-order valence-electron chi connectivity index (χ3n) is 1.95. The van der Waals surface area contributed by atoms with E-state index >= 15 is 0 Å². The van der Waals surface area contributed by atoms with Gasteiger partial charge in [-0.3, -0.25) is 0 Å². The van der Waals surface area contributed by atoms with E-state index in [4.69, 9.17) is 0 Å². The minimum absolute atomic E-state index is 0.511. The lowest BCUT2D eigenvalue weighted by atomic mass is 9.89. The van der Waals surface area contributed by atoms with Crippen LogP contribution in [0.25, 0.3) is 0 Å². The zero-order valence-corrected chi connectivity index (χ0v) is 9.52. The first-order valence-electron chi connectivity index (χ1n) is 4.22. The van der Waals surface area contributed by atoms with E-state index in [0.717, 1.165) is 10.5 Å². The van der Waals surface area contributed by atoms with E-state index in [2.05, 4.69) is 51.2 Å². The molecule has 0 spiro atoms. The Bertz CT molecular complexity index is 126. The summed E-state index contributed by atoms with van der Waals surface area (Å²) in [7, 11) is 0. The van der Waals surface area contributed by atoms with Gasteiger partial charge in [-0.1, -0.05) is 27.7 Å². The van der Waals surface area contributed by atoms with Crippen molar-refractivity contribution in [2.24, 2.45) is 5.41 Å². The van der Waals surface area contributed by atoms with E-state index in [1.54, 1.807) is 0 Å². The molecule has 0 aromatic rings. The molecule has 1 heterocycles. The van der Waals surface area contributed by atoms with E-state index in [0.29, 0.717) is 5.41 Å². The quantitative estimate of drug-likeness (QED) is 0.619. The van der Waals surface area contributed by atoms with Crippen molar-refractivity contribution in [3.8, 4) is 0 Å². The molecule has 0 unspecified atom stereocenters. The summed E-state index contributed by atoms with van der Waals surface area (Å²) in [4.78, 5) is 0. The molecular weight excluding hydrogens is 172 g/mol. The fourth-order valence-corrected chi connectivity index (χ4v) is 4.85. The van der Waals surface area contributed by atoms with Crippen LogP contribution in [0.3, 0.4) is 0 Å². The summed E-state index contributed by atoms with van der Waals surface area (Å²) in [6.45, 7) is 9.37. The van der Waals surface area contributed by atoms with E-state index in [1.165, 1.54) is 11.5 Å². The van der Waals surface area contributed by atoms with Crippen molar-refractivity contribution >= 4 is 23.5 Å². The van der Waals surface area contributed by atoms with Crippen molar-refractivity contribution < 1.29 is 0 Å². The largest absolute Gasteiger partial charge is 0.147 e. The molecule has 0 N–H and O–H groups in total. The van der Waals surface area contributed by atoms with Crippen LogP contribution in [0, 0.1) is 5.41 Å². The average molecular weight is 190 g/mol. The molecule has 1 rings (SSSR count). The van der Waals surface area contributed by atoms with Gasteiger partial charge in [0.05, 0.1) is 0 Å². The average Bonchev–Trinajstić information content (AvgIpc) is 2.12. The Balaban J connectivity index is 2.37. The smallest absolute Gasteiger partial charge is 0.0398 e. The minimum Gasteiger partial charge on any atom is -0.147 e. The Morgan fingerprint density at radius 3 is 2.27 bits per heavy atom. The van der Waals surface area contributed by atoms with Crippen molar-refractivity contribution in [3.05, 3.63) is 0 Å². The molecule has 0 bridgehead atoms. The molecular formula is C9H18S2. The minimum atomic E-state index is 0.511. The van der Waals surface area contributed by atoms with Crippen LogP contribution in [0.1, 0.15) is 34.1 Å². The molecule has 0 radical (unpaired) electrons. The first-order chi connectivity index (χ1) is 4.99. The van der Waals surface area contributed by atoms with Gasteiger partial charge >= 0.3 is 0 Å². The first kappa shape index (κ1) is 9.79. The maximum absolute atomic E-state index is 2.36. The number of thioether (sulfide) groups is 2. The van der Waals surface area contributed by atoms with Crippen LogP contribution in [0.5, 0.6) is 0 Å². The summed E-state index contributed by atoms with van der Waals surface area (Å²) >= 11 is 4.25. The van der Waals surface area contributed by atoms with Crippen molar-refractivity contribution in [2.75, 3.05) is 5.08 Å². The molecule has 11 heavy (non-hydrogen) atoms. The number of hydrogen-bond acceptors (Lipinski definition) is 2. The van der Waals surface area contributed by atoms with E-state index in [-0.39, 0.29) is 0 Å². The molecule has 1 aliphatic heterocycles. The number of rotatable bonds is 1. The first-order valence-corrected chi connectivity index (χ1v) is 6.32. The third-order valence-corrected chi connectivity index (χ3v) is 5.07. The van der Waals surface area contributed by atoms with E-state index < -0.39 is 0 Å². The van der Waals surface area contributed by atoms with Gasteiger partial charge in [0.25, 0.3) is 0 Å². The molecule has 2 atom stereocenters. The van der Waals surface area contributed by atoms with Crippen LogP contribution < -0.4 is 0 Å². The lowest BCUT2D eigenvalue weighted by Gasteiger charge is -2.24. The SMILES string of the molecule is C[C@H]1SCS[C@@H]1CC(C)(C)C. The summed E-state index contributed by atoms with van der Waals surface area (Å²) in [5.41, 5.74) is 0.511. The van der Waals surface area contributed by atoms with Gasteiger partial charge in [0.15, 0.2) is 0 Å². The van der Waals surface area contributed by atoms with E-state index in [9.17, 15) is 0 Å². The van der Waals surface area contributed by atoms with Crippen LogP contribution in [-0.2, 0) is 0 Å². The van der Waals surface area contributed by atoms with Crippen molar-refractivity contribution in [1.82, 2.24) is 0 Å². The molecule has 1 aliphatic rings. The number of hydrogen-bond donors (Lipinski definition) is 0. The summed E-state index contributed by atoms with van der Waals surface area (Å²) in [5.74, 6) is 0. The Kier molecular flexibility index (Phi) is 3.21. The van der Waals surface area contributed by atoms with Gasteiger partial charge in [-0.05, 0) is 11.8 Å². The van der Waals surface area contributed by atoms with Crippen LogP contribution in [0.4, 0.5) is 0 Å². The van der Waals surface area contributed by atoms with Crippen LogP contribution in [0.15, 0.2) is 0 Å². The molecule has 0 aromatic heterocycles. The van der Waals surface area contributed by atoms with Crippen LogP contribution in [0.2, 0.25) is 0 Å². The Morgan fingerprint density at radius 1 is 1.27 bits per heavy atom. The Hall–Kier alpha value is 0.700. The molecule has 1 saturated heterocycles. The second-order valence-corrected chi connectivity index (χ2v) is 7.42. The van der Waals surface area contributed by atoms with Gasteiger partial charge in [0, 0.05) is 15.6 Å². The van der Waals surface area contributed by atoms with Gasteiger partial charge in [0.2, 0.25) is 0 Å². The molecule has 1 fully saturated rings. The van der Waals surface area contributed by atoms with Crippen molar-refractivity contribution in [2.45, 2.75) is 44.6 Å². The maximum Gasteiger partial charge on any atom is 0.0398 e. The summed E-state index contributed by atoms with van der Waals surface area (Å²) in [5, 5.41) is 3.08. The predicted octanol–water partition coefficient (Wildman–Crippen LogP) is 3.62. The molecule has 0 nitrogen and oxygen atoms in total. The molecule has 0 saturated carbocycles. The molecule has 2 heteroatoms.